The highest BCUT2D eigenvalue weighted by Gasteiger charge is 2.55. The fourth-order valence-electron chi connectivity index (χ4n) is 3.74. The molecular formula is C17H22BrFO. The number of hydrogen-bond donors (Lipinski definition) is 0. The zero-order chi connectivity index (χ0) is 14.2. The third-order valence-electron chi connectivity index (χ3n) is 5.08. The summed E-state index contributed by atoms with van der Waals surface area (Å²) in [6, 6.07) is 5.12. The van der Waals surface area contributed by atoms with Crippen molar-refractivity contribution in [3.05, 3.63) is 29.6 Å². The summed E-state index contributed by atoms with van der Waals surface area (Å²) in [6.45, 7) is 1.97. The Morgan fingerprint density at radius 3 is 2.55 bits per heavy atom. The first-order valence-corrected chi connectivity index (χ1v) is 8.60. The molecule has 0 saturated heterocycles. The van der Waals surface area contributed by atoms with Crippen molar-refractivity contribution in [2.45, 2.75) is 62.8 Å². The number of alkyl halides is 1. The molecule has 0 radical (unpaired) electrons. The minimum Gasteiger partial charge on any atom is -0.487 e. The highest BCUT2D eigenvalue weighted by Crippen LogP contribution is 2.55. The van der Waals surface area contributed by atoms with Gasteiger partial charge >= 0.3 is 0 Å². The predicted octanol–water partition coefficient (Wildman–Crippen LogP) is 5.39. The van der Waals surface area contributed by atoms with E-state index in [4.69, 9.17) is 4.74 Å². The van der Waals surface area contributed by atoms with Crippen LogP contribution in [0, 0.1) is 18.2 Å². The van der Waals surface area contributed by atoms with Crippen molar-refractivity contribution in [1.29, 1.82) is 0 Å². The molecule has 2 aliphatic carbocycles. The van der Waals surface area contributed by atoms with Crippen molar-refractivity contribution in [3.63, 3.8) is 0 Å². The molecule has 0 bridgehead atoms. The molecule has 2 fully saturated rings. The van der Waals surface area contributed by atoms with Crippen LogP contribution in [-0.4, -0.2) is 10.9 Å². The first-order valence-electron chi connectivity index (χ1n) is 7.69. The zero-order valence-corrected chi connectivity index (χ0v) is 13.6. The van der Waals surface area contributed by atoms with Gasteiger partial charge in [0.25, 0.3) is 0 Å². The normalized spacial score (nSPS) is 28.8. The van der Waals surface area contributed by atoms with E-state index in [0.717, 1.165) is 12.0 Å². The number of ether oxygens (including phenoxy) is 1. The van der Waals surface area contributed by atoms with Crippen LogP contribution in [0.15, 0.2) is 18.2 Å². The van der Waals surface area contributed by atoms with Crippen LogP contribution in [0.3, 0.4) is 0 Å². The number of hydrogen-bond acceptors (Lipinski definition) is 1. The summed E-state index contributed by atoms with van der Waals surface area (Å²) in [7, 11) is 0. The third-order valence-corrected chi connectivity index (χ3v) is 6.36. The standard InChI is InChI=1S/C17H22BrFO/c1-12-6-7-13(19)14(10-12)20-16-11-15(18)17(16)8-4-2-3-5-9-17/h6-7,10,15-16H,2-5,8-9,11H2,1H3. The topological polar surface area (TPSA) is 9.23 Å². The number of halogens is 2. The van der Waals surface area contributed by atoms with Crippen molar-refractivity contribution in [1.82, 2.24) is 0 Å². The summed E-state index contributed by atoms with van der Waals surface area (Å²) in [6.07, 6.45) is 8.78. The monoisotopic (exact) mass is 340 g/mol. The second kappa shape index (κ2) is 5.67. The van der Waals surface area contributed by atoms with Gasteiger partial charge in [0.15, 0.2) is 11.6 Å². The minimum atomic E-state index is -0.239. The van der Waals surface area contributed by atoms with Crippen LogP contribution in [-0.2, 0) is 0 Å². The summed E-state index contributed by atoms with van der Waals surface area (Å²) >= 11 is 3.83. The second-order valence-electron chi connectivity index (χ2n) is 6.39. The molecule has 0 amide bonds. The van der Waals surface area contributed by atoms with E-state index < -0.39 is 0 Å². The van der Waals surface area contributed by atoms with Crippen LogP contribution in [0.2, 0.25) is 0 Å². The minimum absolute atomic E-state index is 0.168. The molecule has 1 spiro atoms. The Morgan fingerprint density at radius 1 is 1.20 bits per heavy atom. The van der Waals surface area contributed by atoms with Crippen LogP contribution in [0.4, 0.5) is 4.39 Å². The van der Waals surface area contributed by atoms with Gasteiger partial charge in [-0.1, -0.05) is 47.7 Å². The molecule has 2 aliphatic rings. The molecule has 0 aliphatic heterocycles. The van der Waals surface area contributed by atoms with Crippen LogP contribution in [0.1, 0.15) is 50.5 Å². The molecule has 0 N–H and O–H groups in total. The van der Waals surface area contributed by atoms with Crippen LogP contribution in [0.5, 0.6) is 5.75 Å². The lowest BCUT2D eigenvalue weighted by Gasteiger charge is -2.53. The maximum absolute atomic E-state index is 13.9. The molecule has 2 atom stereocenters. The van der Waals surface area contributed by atoms with Gasteiger partial charge in [-0.05, 0) is 43.9 Å². The largest absolute Gasteiger partial charge is 0.487 e. The van der Waals surface area contributed by atoms with E-state index in [2.05, 4.69) is 15.9 Å². The molecule has 110 valence electrons. The van der Waals surface area contributed by atoms with Gasteiger partial charge in [-0.2, -0.15) is 0 Å². The van der Waals surface area contributed by atoms with Crippen molar-refractivity contribution in [2.24, 2.45) is 5.41 Å². The van der Waals surface area contributed by atoms with E-state index >= 15 is 0 Å². The van der Waals surface area contributed by atoms with E-state index in [-0.39, 0.29) is 17.3 Å². The lowest BCUT2D eigenvalue weighted by atomic mass is 9.61. The molecule has 0 heterocycles. The average molecular weight is 341 g/mol. The zero-order valence-electron chi connectivity index (χ0n) is 12.0. The number of benzene rings is 1. The molecule has 0 aromatic heterocycles. The summed E-state index contributed by atoms with van der Waals surface area (Å²) in [5, 5.41) is 0. The lowest BCUT2D eigenvalue weighted by molar-refractivity contribution is -0.0480. The highest BCUT2D eigenvalue weighted by molar-refractivity contribution is 9.09. The highest BCUT2D eigenvalue weighted by atomic mass is 79.9. The second-order valence-corrected chi connectivity index (χ2v) is 7.50. The SMILES string of the molecule is Cc1ccc(F)c(OC2CC(Br)C23CCCCCC3)c1. The fourth-order valence-corrected chi connectivity index (χ4v) is 4.83. The van der Waals surface area contributed by atoms with Gasteiger partial charge in [-0.3, -0.25) is 0 Å². The van der Waals surface area contributed by atoms with Gasteiger partial charge in [-0.25, -0.2) is 4.39 Å². The van der Waals surface area contributed by atoms with Crippen LogP contribution >= 0.6 is 15.9 Å². The van der Waals surface area contributed by atoms with Crippen molar-refractivity contribution in [3.8, 4) is 5.75 Å². The smallest absolute Gasteiger partial charge is 0.165 e. The van der Waals surface area contributed by atoms with Crippen molar-refractivity contribution in [2.75, 3.05) is 0 Å². The molecule has 3 rings (SSSR count). The van der Waals surface area contributed by atoms with Crippen LogP contribution in [0.25, 0.3) is 0 Å². The maximum Gasteiger partial charge on any atom is 0.165 e. The van der Waals surface area contributed by atoms with Gasteiger partial charge in [0, 0.05) is 10.2 Å². The summed E-state index contributed by atoms with van der Waals surface area (Å²) < 4.78 is 20.0. The molecule has 20 heavy (non-hydrogen) atoms. The van der Waals surface area contributed by atoms with Crippen molar-refractivity contribution < 1.29 is 9.13 Å². The lowest BCUT2D eigenvalue weighted by Crippen LogP contribution is -2.56. The third kappa shape index (κ3) is 2.49. The van der Waals surface area contributed by atoms with Gasteiger partial charge in [0.05, 0.1) is 0 Å². The molecular weight excluding hydrogens is 319 g/mol. The first-order chi connectivity index (χ1) is 9.62. The Labute approximate surface area is 129 Å². The van der Waals surface area contributed by atoms with E-state index in [1.807, 2.05) is 13.0 Å². The van der Waals surface area contributed by atoms with E-state index in [0.29, 0.717) is 10.6 Å². The summed E-state index contributed by atoms with van der Waals surface area (Å²) in [4.78, 5) is 0.533. The van der Waals surface area contributed by atoms with Gasteiger partial charge < -0.3 is 4.74 Å². The average Bonchev–Trinajstić information content (AvgIpc) is 2.70. The van der Waals surface area contributed by atoms with E-state index in [1.54, 1.807) is 6.07 Å². The van der Waals surface area contributed by atoms with Crippen molar-refractivity contribution >= 4 is 15.9 Å². The Morgan fingerprint density at radius 2 is 1.90 bits per heavy atom. The number of rotatable bonds is 2. The Balaban J connectivity index is 1.78. The fraction of sp³-hybridized carbons (Fsp3) is 0.647. The maximum atomic E-state index is 13.9. The molecule has 3 heteroatoms. The van der Waals surface area contributed by atoms with E-state index in [1.165, 1.54) is 44.6 Å². The molecule has 1 nitrogen and oxygen atoms in total. The molecule has 1 aromatic rings. The Bertz CT molecular complexity index is 480. The molecule has 1 aromatic carbocycles. The van der Waals surface area contributed by atoms with Gasteiger partial charge in [0.1, 0.15) is 6.10 Å². The number of aryl methyl sites for hydroxylation is 1. The Hall–Kier alpha value is -0.570. The van der Waals surface area contributed by atoms with E-state index in [9.17, 15) is 4.39 Å². The summed E-state index contributed by atoms with van der Waals surface area (Å²) in [5.41, 5.74) is 1.28. The first kappa shape index (κ1) is 14.4. The molecule has 2 saturated carbocycles. The predicted molar refractivity (Wildman–Crippen MR) is 83.0 cm³/mol. The molecule has 2 unspecified atom stereocenters. The quantitative estimate of drug-likeness (QED) is 0.656. The van der Waals surface area contributed by atoms with Crippen LogP contribution < -0.4 is 4.74 Å². The van der Waals surface area contributed by atoms with Gasteiger partial charge in [-0.15, -0.1) is 0 Å². The Kier molecular flexibility index (Phi) is 4.07. The summed E-state index contributed by atoms with van der Waals surface area (Å²) in [5.74, 6) is 0.190. The van der Waals surface area contributed by atoms with Gasteiger partial charge in [0.2, 0.25) is 0 Å².